The predicted molar refractivity (Wildman–Crippen MR) is 143 cm³/mol. The molecular weight excluding hydrogens is 538 g/mol. The third-order valence-electron chi connectivity index (χ3n) is 5.98. The van der Waals surface area contributed by atoms with Crippen LogP contribution in [0.25, 0.3) is 5.57 Å². The molecule has 0 atom stereocenters. The monoisotopic (exact) mass is 563 g/mol. The van der Waals surface area contributed by atoms with Gasteiger partial charge in [0.15, 0.2) is 0 Å². The number of anilines is 1. The van der Waals surface area contributed by atoms with Crippen molar-refractivity contribution in [3.05, 3.63) is 54.5 Å². The number of hydrogen-bond acceptors (Lipinski definition) is 12. The summed E-state index contributed by atoms with van der Waals surface area (Å²) in [6, 6.07) is 5.83. The van der Waals surface area contributed by atoms with Gasteiger partial charge in [0.25, 0.3) is 0 Å². The van der Waals surface area contributed by atoms with Crippen LogP contribution in [0.3, 0.4) is 0 Å². The lowest BCUT2D eigenvalue weighted by Crippen LogP contribution is -2.44. The van der Waals surface area contributed by atoms with E-state index in [4.69, 9.17) is 18.9 Å². The van der Waals surface area contributed by atoms with E-state index in [9.17, 15) is 19.2 Å². The molecule has 0 radical (unpaired) electrons. The van der Waals surface area contributed by atoms with E-state index in [1.807, 2.05) is 39.0 Å². The predicted octanol–water partition coefficient (Wildman–Crippen LogP) is 3.99. The molecule has 9 nitrogen and oxygen atoms in total. The zero-order valence-electron chi connectivity index (χ0n) is 21.2. The maximum Gasteiger partial charge on any atom is 0.345 e. The van der Waals surface area contributed by atoms with Gasteiger partial charge in [-0.2, -0.15) is 0 Å². The number of thioether (sulfide) groups is 3. The molecule has 1 aromatic rings. The first-order chi connectivity index (χ1) is 17.4. The summed E-state index contributed by atoms with van der Waals surface area (Å²) in [6.45, 7) is 5.86. The van der Waals surface area contributed by atoms with E-state index in [-0.39, 0.29) is 20.3 Å². The quantitative estimate of drug-likeness (QED) is 0.422. The van der Waals surface area contributed by atoms with Gasteiger partial charge in [-0.15, -0.1) is 0 Å². The first-order valence-electron chi connectivity index (χ1n) is 11.0. The summed E-state index contributed by atoms with van der Waals surface area (Å²) in [4.78, 5) is 53.0. The smallest absolute Gasteiger partial charge is 0.345 e. The molecular formula is C25H25NO8S3. The average Bonchev–Trinajstić information content (AvgIpc) is 3.26. The maximum atomic E-state index is 13.4. The van der Waals surface area contributed by atoms with E-state index in [0.29, 0.717) is 5.57 Å². The zero-order chi connectivity index (χ0) is 27.3. The molecule has 3 aliphatic heterocycles. The highest BCUT2D eigenvalue weighted by Crippen LogP contribution is 2.70. The normalized spacial score (nSPS) is 19.1. The lowest BCUT2D eigenvalue weighted by Gasteiger charge is -2.46. The molecule has 4 rings (SSSR count). The first-order valence-corrected chi connectivity index (χ1v) is 13.4. The minimum absolute atomic E-state index is 0.00821. The number of carbonyl (C=O) groups excluding carboxylic acids is 4. The molecule has 0 saturated carbocycles. The Kier molecular flexibility index (Phi) is 7.21. The van der Waals surface area contributed by atoms with E-state index in [0.717, 1.165) is 57.0 Å². The van der Waals surface area contributed by atoms with Crippen molar-refractivity contribution in [2.75, 3.05) is 33.8 Å². The second-order valence-corrected chi connectivity index (χ2v) is 12.5. The largest absolute Gasteiger partial charge is 0.466 e. The number of methoxy groups -OCH3 is 4. The molecule has 12 heteroatoms. The van der Waals surface area contributed by atoms with Crippen molar-refractivity contribution in [1.29, 1.82) is 0 Å². The molecule has 0 aliphatic carbocycles. The van der Waals surface area contributed by atoms with Gasteiger partial charge in [0, 0.05) is 21.7 Å². The van der Waals surface area contributed by atoms with Gasteiger partial charge >= 0.3 is 23.9 Å². The van der Waals surface area contributed by atoms with Crippen molar-refractivity contribution in [3.8, 4) is 0 Å². The van der Waals surface area contributed by atoms with Crippen LogP contribution in [0.1, 0.15) is 25.0 Å². The number of esters is 4. The molecule has 1 N–H and O–H groups in total. The van der Waals surface area contributed by atoms with Gasteiger partial charge in [-0.25, -0.2) is 19.2 Å². The Labute approximate surface area is 226 Å². The fraction of sp³-hybridized carbons (Fsp3) is 0.360. The van der Waals surface area contributed by atoms with Gasteiger partial charge in [-0.05, 0) is 32.4 Å². The molecule has 196 valence electrons. The van der Waals surface area contributed by atoms with Crippen LogP contribution < -0.4 is 5.32 Å². The van der Waals surface area contributed by atoms with E-state index in [1.54, 1.807) is 0 Å². The van der Waals surface area contributed by atoms with Crippen LogP contribution in [0.2, 0.25) is 0 Å². The number of hydrogen-bond donors (Lipinski definition) is 1. The highest BCUT2D eigenvalue weighted by Gasteiger charge is 2.60. The van der Waals surface area contributed by atoms with Crippen molar-refractivity contribution < 1.29 is 38.1 Å². The number of benzene rings is 1. The summed E-state index contributed by atoms with van der Waals surface area (Å²) in [5, 5.41) is 3.52. The van der Waals surface area contributed by atoms with E-state index in [1.165, 1.54) is 28.4 Å². The van der Waals surface area contributed by atoms with Crippen molar-refractivity contribution in [1.82, 2.24) is 0 Å². The summed E-state index contributed by atoms with van der Waals surface area (Å²) >= 11 is 3.03. The van der Waals surface area contributed by atoms with E-state index >= 15 is 0 Å². The van der Waals surface area contributed by atoms with Gasteiger partial charge in [-0.3, -0.25) is 0 Å². The van der Waals surface area contributed by atoms with Crippen LogP contribution in [0.15, 0.2) is 43.4 Å². The number of fused-ring (bicyclic) bond motifs is 3. The Morgan fingerprint density at radius 2 is 1.30 bits per heavy atom. The Bertz CT molecular complexity index is 1310. The molecule has 0 aromatic heterocycles. The standard InChI is InChI=1S/C25H25NO8S3/c1-11-8-9-12-13(10-11)26-24(2,3)19-14(12)25(15(20(27)31-4)16(35-19)21(28)32-5)36-17(22(29)33-6)18(37-25)23(30)34-7/h8-10,26H,1-7H3. The van der Waals surface area contributed by atoms with Crippen LogP contribution in [-0.2, 0) is 38.1 Å². The second kappa shape index (κ2) is 9.80. The van der Waals surface area contributed by atoms with Crippen LogP contribution in [-0.4, -0.2) is 61.9 Å². The minimum Gasteiger partial charge on any atom is -0.466 e. The van der Waals surface area contributed by atoms with Crippen LogP contribution >= 0.6 is 35.3 Å². The second-order valence-electron chi connectivity index (χ2n) is 8.75. The van der Waals surface area contributed by atoms with Crippen LogP contribution in [0, 0.1) is 6.92 Å². The molecule has 0 fully saturated rings. The van der Waals surface area contributed by atoms with Crippen molar-refractivity contribution in [3.63, 3.8) is 0 Å². The number of ether oxygens (including phenoxy) is 4. The first kappa shape index (κ1) is 27.2. The fourth-order valence-corrected chi connectivity index (χ4v) is 9.38. The molecule has 3 heterocycles. The number of nitrogens with one attached hydrogen (secondary N) is 1. The Morgan fingerprint density at radius 3 is 1.81 bits per heavy atom. The topological polar surface area (TPSA) is 117 Å². The highest BCUT2D eigenvalue weighted by atomic mass is 32.2. The van der Waals surface area contributed by atoms with E-state index in [2.05, 4.69) is 5.32 Å². The number of rotatable bonds is 4. The van der Waals surface area contributed by atoms with E-state index < -0.39 is 33.5 Å². The van der Waals surface area contributed by atoms with Gasteiger partial charge in [0.05, 0.1) is 39.6 Å². The lowest BCUT2D eigenvalue weighted by molar-refractivity contribution is -0.138. The number of aryl methyl sites for hydroxylation is 1. The van der Waals surface area contributed by atoms with Gasteiger partial charge in [-0.1, -0.05) is 47.4 Å². The SMILES string of the molecule is COC(=O)C1=C(C(=O)OC)SC2(S1)C(C(=O)OC)=C(C(=O)OC)SC1=C2c2ccc(C)cc2NC1(C)C. The lowest BCUT2D eigenvalue weighted by atomic mass is 9.85. The zero-order valence-corrected chi connectivity index (χ0v) is 23.7. The molecule has 0 amide bonds. The number of carbonyl (C=O) groups is 4. The van der Waals surface area contributed by atoms with Gasteiger partial charge in [0.2, 0.25) is 0 Å². The highest BCUT2D eigenvalue weighted by molar-refractivity contribution is 8.26. The van der Waals surface area contributed by atoms with Crippen molar-refractivity contribution >= 4 is 70.4 Å². The molecule has 3 aliphatic rings. The maximum absolute atomic E-state index is 13.4. The van der Waals surface area contributed by atoms with Gasteiger partial charge in [0.1, 0.15) is 18.8 Å². The average molecular weight is 564 g/mol. The summed E-state index contributed by atoms with van der Waals surface area (Å²) in [6.07, 6.45) is 0. The van der Waals surface area contributed by atoms with Crippen molar-refractivity contribution in [2.45, 2.75) is 30.4 Å². The van der Waals surface area contributed by atoms with Crippen LogP contribution in [0.5, 0.6) is 0 Å². The molecule has 37 heavy (non-hydrogen) atoms. The molecule has 1 aromatic carbocycles. The van der Waals surface area contributed by atoms with Crippen LogP contribution in [0.4, 0.5) is 5.69 Å². The molecule has 1 spiro atoms. The third-order valence-corrected chi connectivity index (χ3v) is 10.6. The summed E-state index contributed by atoms with van der Waals surface area (Å²) in [5.41, 5.74) is 2.51. The Balaban J connectivity index is 2.13. The molecule has 0 unspecified atom stereocenters. The fourth-order valence-electron chi connectivity index (χ4n) is 4.37. The molecule has 0 saturated heterocycles. The van der Waals surface area contributed by atoms with Crippen molar-refractivity contribution in [2.24, 2.45) is 0 Å². The minimum atomic E-state index is -1.46. The third kappa shape index (κ3) is 4.24. The molecule has 0 bridgehead atoms. The Morgan fingerprint density at radius 1 is 0.784 bits per heavy atom. The summed E-state index contributed by atoms with van der Waals surface area (Å²) in [5.74, 6) is -3.07. The summed E-state index contributed by atoms with van der Waals surface area (Å²) in [7, 11) is 4.82. The van der Waals surface area contributed by atoms with Gasteiger partial charge < -0.3 is 24.3 Å². The Hall–Kier alpha value is -2.83. The summed E-state index contributed by atoms with van der Waals surface area (Å²) < 4.78 is 18.7.